The minimum Gasteiger partial charge on any atom is -0.200 e. The Labute approximate surface area is 189 Å². The van der Waals surface area contributed by atoms with Gasteiger partial charge in [-0.3, -0.25) is 0 Å². The van der Waals surface area contributed by atoms with Gasteiger partial charge in [0.2, 0.25) is 0 Å². The van der Waals surface area contributed by atoms with E-state index < -0.39 is 10.0 Å². The molecule has 5 heteroatoms. The fraction of sp³-hybridized carbons (Fsp3) is 0.500. The molecule has 0 spiro atoms. The van der Waals surface area contributed by atoms with E-state index in [1.165, 1.54) is 63.4 Å². The summed E-state index contributed by atoms with van der Waals surface area (Å²) in [6.07, 6.45) is 14.2. The number of hydrogen-bond donors (Lipinski definition) is 1. The predicted octanol–water partition coefficient (Wildman–Crippen LogP) is 6.85. The Kier molecular flexibility index (Phi) is 11.4. The molecule has 170 valence electrons. The SMILES string of the molecule is CCCCCCCCCCCCc1ccc(S(=O)(=O)N/N=C(\C)c2ccccc2)cc1. The Balaban J connectivity index is 1.71. The molecule has 4 nitrogen and oxygen atoms in total. The lowest BCUT2D eigenvalue weighted by Crippen LogP contribution is -2.20. The van der Waals surface area contributed by atoms with Crippen LogP contribution in [0.3, 0.4) is 0 Å². The van der Waals surface area contributed by atoms with Crippen LogP contribution in [0, 0.1) is 0 Å². The molecule has 0 saturated heterocycles. The van der Waals surface area contributed by atoms with Gasteiger partial charge in [-0.2, -0.15) is 18.4 Å². The van der Waals surface area contributed by atoms with Gasteiger partial charge in [0.25, 0.3) is 10.0 Å². The van der Waals surface area contributed by atoms with Crippen LogP contribution in [0.1, 0.15) is 89.2 Å². The van der Waals surface area contributed by atoms with Gasteiger partial charge in [0.15, 0.2) is 0 Å². The van der Waals surface area contributed by atoms with Crippen molar-refractivity contribution in [3.8, 4) is 0 Å². The van der Waals surface area contributed by atoms with E-state index in [-0.39, 0.29) is 4.90 Å². The highest BCUT2D eigenvalue weighted by Gasteiger charge is 2.13. The molecule has 2 aromatic carbocycles. The zero-order valence-corrected chi connectivity index (χ0v) is 20.0. The minimum absolute atomic E-state index is 0.240. The first-order chi connectivity index (χ1) is 15.0. The van der Waals surface area contributed by atoms with E-state index in [1.54, 1.807) is 19.1 Å². The molecule has 0 heterocycles. The van der Waals surface area contributed by atoms with E-state index in [2.05, 4.69) is 16.9 Å². The lowest BCUT2D eigenvalue weighted by atomic mass is 10.0. The maximum Gasteiger partial charge on any atom is 0.276 e. The van der Waals surface area contributed by atoms with E-state index in [4.69, 9.17) is 0 Å². The van der Waals surface area contributed by atoms with E-state index in [1.807, 2.05) is 42.5 Å². The molecule has 0 radical (unpaired) electrons. The number of benzene rings is 2. The molecule has 0 unspecified atom stereocenters. The summed E-state index contributed by atoms with van der Waals surface area (Å²) >= 11 is 0. The summed E-state index contributed by atoms with van der Waals surface area (Å²) < 4.78 is 25.0. The first kappa shape index (κ1) is 25.1. The zero-order valence-electron chi connectivity index (χ0n) is 19.1. The normalized spacial score (nSPS) is 12.1. The van der Waals surface area contributed by atoms with E-state index in [0.717, 1.165) is 18.4 Å². The number of hydrazone groups is 1. The highest BCUT2D eigenvalue weighted by atomic mass is 32.2. The lowest BCUT2D eigenvalue weighted by molar-refractivity contribution is 0.556. The highest BCUT2D eigenvalue weighted by molar-refractivity contribution is 7.89. The Morgan fingerprint density at radius 1 is 0.774 bits per heavy atom. The van der Waals surface area contributed by atoms with E-state index >= 15 is 0 Å². The van der Waals surface area contributed by atoms with Crippen LogP contribution >= 0.6 is 0 Å². The van der Waals surface area contributed by atoms with Crippen LogP contribution in [0.5, 0.6) is 0 Å². The average Bonchev–Trinajstić information content (AvgIpc) is 2.79. The molecule has 2 aromatic rings. The molecule has 0 saturated carbocycles. The van der Waals surface area contributed by atoms with Crippen LogP contribution in [0.2, 0.25) is 0 Å². The van der Waals surface area contributed by atoms with E-state index in [0.29, 0.717) is 5.71 Å². The Hall–Kier alpha value is -2.14. The average molecular weight is 443 g/mol. The number of nitrogens with zero attached hydrogens (tertiary/aromatic N) is 1. The van der Waals surface area contributed by atoms with Crippen LogP contribution in [0.15, 0.2) is 64.6 Å². The van der Waals surface area contributed by atoms with Crippen molar-refractivity contribution in [2.45, 2.75) is 89.4 Å². The number of aryl methyl sites for hydroxylation is 1. The van der Waals surface area contributed by atoms with Crippen molar-refractivity contribution >= 4 is 15.7 Å². The smallest absolute Gasteiger partial charge is 0.200 e. The third-order valence-corrected chi connectivity index (χ3v) is 6.80. The molecule has 0 aliphatic rings. The van der Waals surface area contributed by atoms with Crippen LogP contribution in [0.25, 0.3) is 0 Å². The molecule has 0 amide bonds. The molecule has 0 bridgehead atoms. The first-order valence-electron chi connectivity index (χ1n) is 11.7. The monoisotopic (exact) mass is 442 g/mol. The molecule has 2 rings (SSSR count). The van der Waals surface area contributed by atoms with Gasteiger partial charge in [0, 0.05) is 0 Å². The maximum absolute atomic E-state index is 12.5. The number of unbranched alkanes of at least 4 members (excludes halogenated alkanes) is 9. The fourth-order valence-corrected chi connectivity index (χ4v) is 4.43. The van der Waals surface area contributed by atoms with Crippen LogP contribution in [-0.4, -0.2) is 14.1 Å². The minimum atomic E-state index is -3.66. The number of nitrogens with one attached hydrogen (secondary N) is 1. The van der Waals surface area contributed by atoms with Crippen LogP contribution < -0.4 is 4.83 Å². The third-order valence-electron chi connectivity index (χ3n) is 5.58. The Morgan fingerprint density at radius 3 is 1.90 bits per heavy atom. The van der Waals surface area contributed by atoms with Gasteiger partial charge in [0.05, 0.1) is 10.6 Å². The summed E-state index contributed by atoms with van der Waals surface area (Å²) in [5.74, 6) is 0. The van der Waals surface area contributed by atoms with Crippen molar-refractivity contribution in [1.82, 2.24) is 4.83 Å². The Bertz CT molecular complexity index is 875. The Morgan fingerprint density at radius 2 is 1.32 bits per heavy atom. The first-order valence-corrected chi connectivity index (χ1v) is 13.2. The zero-order chi connectivity index (χ0) is 22.4. The highest BCUT2D eigenvalue weighted by Crippen LogP contribution is 2.15. The number of rotatable bonds is 15. The van der Waals surface area contributed by atoms with Crippen molar-refractivity contribution in [3.63, 3.8) is 0 Å². The summed E-state index contributed by atoms with van der Waals surface area (Å²) in [4.78, 5) is 2.58. The molecule has 31 heavy (non-hydrogen) atoms. The molecule has 0 aliphatic heterocycles. The second-order valence-corrected chi connectivity index (χ2v) is 9.89. The van der Waals surface area contributed by atoms with Crippen LogP contribution in [-0.2, 0) is 16.4 Å². The molecule has 0 fully saturated rings. The van der Waals surface area contributed by atoms with Gasteiger partial charge in [0.1, 0.15) is 0 Å². The largest absolute Gasteiger partial charge is 0.276 e. The van der Waals surface area contributed by atoms with Gasteiger partial charge in [-0.05, 0) is 43.0 Å². The molecule has 0 aromatic heterocycles. The predicted molar refractivity (Wildman–Crippen MR) is 131 cm³/mol. The van der Waals surface area contributed by atoms with Crippen molar-refractivity contribution in [1.29, 1.82) is 0 Å². The third kappa shape index (κ3) is 9.69. The molecule has 1 N–H and O–H groups in total. The fourth-order valence-electron chi connectivity index (χ4n) is 3.58. The van der Waals surface area contributed by atoms with Gasteiger partial charge in [-0.1, -0.05) is 107 Å². The topological polar surface area (TPSA) is 58.5 Å². The van der Waals surface area contributed by atoms with Gasteiger partial charge >= 0.3 is 0 Å². The summed E-state index contributed by atoms with van der Waals surface area (Å²) in [6, 6.07) is 16.7. The lowest BCUT2D eigenvalue weighted by Gasteiger charge is -2.07. The van der Waals surface area contributed by atoms with Crippen molar-refractivity contribution in [3.05, 3.63) is 65.7 Å². The molecule has 0 atom stereocenters. The summed E-state index contributed by atoms with van der Waals surface area (Å²) in [5.41, 5.74) is 2.70. The number of hydrogen-bond acceptors (Lipinski definition) is 3. The molecule has 0 aliphatic carbocycles. The second-order valence-electron chi connectivity index (χ2n) is 8.23. The van der Waals surface area contributed by atoms with Gasteiger partial charge in [-0.15, -0.1) is 0 Å². The number of sulfonamides is 1. The summed E-state index contributed by atoms with van der Waals surface area (Å²) in [6.45, 7) is 4.04. The van der Waals surface area contributed by atoms with Gasteiger partial charge in [-0.25, -0.2) is 0 Å². The summed E-state index contributed by atoms with van der Waals surface area (Å²) in [5, 5.41) is 4.05. The molecular formula is C26H38N2O2S. The standard InChI is InChI=1S/C26H38N2O2S/c1-3-4-5-6-7-8-9-10-11-13-16-24-19-21-26(22-20-24)31(29,30)28-27-23(2)25-17-14-12-15-18-25/h12,14-15,17-22,28H,3-11,13,16H2,1-2H3/b27-23+. The second kappa shape index (κ2) is 14.0. The molecular weight excluding hydrogens is 404 g/mol. The van der Waals surface area contributed by atoms with Crippen molar-refractivity contribution in [2.75, 3.05) is 0 Å². The van der Waals surface area contributed by atoms with Gasteiger partial charge < -0.3 is 0 Å². The summed E-state index contributed by atoms with van der Waals surface area (Å²) in [7, 11) is -3.66. The van der Waals surface area contributed by atoms with E-state index in [9.17, 15) is 8.42 Å². The van der Waals surface area contributed by atoms with Crippen molar-refractivity contribution in [2.24, 2.45) is 5.10 Å². The maximum atomic E-state index is 12.5. The van der Waals surface area contributed by atoms with Crippen molar-refractivity contribution < 1.29 is 8.42 Å². The quantitative estimate of drug-likeness (QED) is 0.186. The van der Waals surface area contributed by atoms with Crippen LogP contribution in [0.4, 0.5) is 0 Å².